The Morgan fingerprint density at radius 3 is 2.62 bits per heavy atom. The molecule has 128 valence electrons. The Morgan fingerprint density at radius 1 is 1.33 bits per heavy atom. The van der Waals surface area contributed by atoms with Crippen LogP contribution in [0.2, 0.25) is 0 Å². The van der Waals surface area contributed by atoms with Crippen molar-refractivity contribution in [1.82, 2.24) is 14.5 Å². The van der Waals surface area contributed by atoms with Gasteiger partial charge in [-0.25, -0.2) is 9.97 Å². The van der Waals surface area contributed by atoms with E-state index in [9.17, 15) is 15.2 Å². The number of aliphatic hydroxyl groups excluding tert-OH is 1. The highest BCUT2D eigenvalue weighted by atomic mass is 16.6. The SMILES string of the molecule is Cc1ccnc(N2CCC(C(O)c3nccn3C)CC2)c1[N+](=O)[O-]. The van der Waals surface area contributed by atoms with E-state index in [0.29, 0.717) is 30.3 Å². The quantitative estimate of drug-likeness (QED) is 0.679. The summed E-state index contributed by atoms with van der Waals surface area (Å²) in [6, 6.07) is 1.65. The Bertz CT molecular complexity index is 737. The van der Waals surface area contributed by atoms with Gasteiger partial charge in [0, 0.05) is 44.3 Å². The topological polar surface area (TPSA) is 97.3 Å². The van der Waals surface area contributed by atoms with E-state index in [1.165, 1.54) is 0 Å². The lowest BCUT2D eigenvalue weighted by atomic mass is 9.90. The van der Waals surface area contributed by atoms with Crippen LogP contribution in [0.15, 0.2) is 24.7 Å². The number of rotatable bonds is 4. The highest BCUT2D eigenvalue weighted by Gasteiger charge is 2.31. The highest BCUT2D eigenvalue weighted by Crippen LogP contribution is 2.35. The fourth-order valence-electron chi connectivity index (χ4n) is 3.29. The summed E-state index contributed by atoms with van der Waals surface area (Å²) in [6.45, 7) is 2.98. The molecule has 0 spiro atoms. The third-order valence-corrected chi connectivity index (χ3v) is 4.70. The van der Waals surface area contributed by atoms with Crippen LogP contribution < -0.4 is 4.90 Å². The predicted molar refractivity (Wildman–Crippen MR) is 88.7 cm³/mol. The Hall–Kier alpha value is -2.48. The summed E-state index contributed by atoms with van der Waals surface area (Å²) in [6.07, 6.45) is 5.95. The van der Waals surface area contributed by atoms with Crippen molar-refractivity contribution in [2.45, 2.75) is 25.9 Å². The van der Waals surface area contributed by atoms with Crippen LogP contribution >= 0.6 is 0 Å². The zero-order chi connectivity index (χ0) is 17.3. The van der Waals surface area contributed by atoms with Gasteiger partial charge in [-0.2, -0.15) is 0 Å². The van der Waals surface area contributed by atoms with E-state index in [2.05, 4.69) is 9.97 Å². The summed E-state index contributed by atoms with van der Waals surface area (Å²) in [4.78, 5) is 21.3. The second-order valence-electron chi connectivity index (χ2n) is 6.22. The van der Waals surface area contributed by atoms with Crippen molar-refractivity contribution in [3.63, 3.8) is 0 Å². The minimum Gasteiger partial charge on any atom is -0.385 e. The van der Waals surface area contributed by atoms with Crippen LogP contribution in [0.4, 0.5) is 11.5 Å². The molecule has 3 heterocycles. The van der Waals surface area contributed by atoms with E-state index in [-0.39, 0.29) is 16.5 Å². The number of aromatic nitrogens is 3. The van der Waals surface area contributed by atoms with Gasteiger partial charge in [0.1, 0.15) is 11.9 Å². The molecular formula is C16H21N5O3. The van der Waals surface area contributed by atoms with Crippen LogP contribution in [0.3, 0.4) is 0 Å². The first-order chi connectivity index (χ1) is 11.5. The molecule has 8 heteroatoms. The maximum absolute atomic E-state index is 11.3. The molecule has 0 bridgehead atoms. The van der Waals surface area contributed by atoms with E-state index < -0.39 is 6.10 Å². The zero-order valence-electron chi connectivity index (χ0n) is 13.8. The lowest BCUT2D eigenvalue weighted by Gasteiger charge is -2.34. The van der Waals surface area contributed by atoms with Crippen LogP contribution in [-0.4, -0.2) is 37.7 Å². The number of nitro groups is 1. The number of nitrogens with zero attached hydrogens (tertiary/aromatic N) is 5. The van der Waals surface area contributed by atoms with Gasteiger partial charge in [0.25, 0.3) is 0 Å². The molecule has 1 saturated heterocycles. The summed E-state index contributed by atoms with van der Waals surface area (Å²) in [5, 5.41) is 21.9. The number of hydrogen-bond acceptors (Lipinski definition) is 6. The lowest BCUT2D eigenvalue weighted by molar-refractivity contribution is -0.384. The maximum Gasteiger partial charge on any atom is 0.314 e. The molecule has 1 N–H and O–H groups in total. The monoisotopic (exact) mass is 331 g/mol. The normalized spacial score (nSPS) is 17.0. The van der Waals surface area contributed by atoms with Gasteiger partial charge in [-0.3, -0.25) is 10.1 Å². The summed E-state index contributed by atoms with van der Waals surface area (Å²) in [5.41, 5.74) is 0.681. The largest absolute Gasteiger partial charge is 0.385 e. The molecule has 1 unspecified atom stereocenters. The number of anilines is 1. The Balaban J connectivity index is 1.73. The van der Waals surface area contributed by atoms with Gasteiger partial charge in [0.05, 0.1) is 4.92 Å². The number of hydrogen-bond donors (Lipinski definition) is 1. The zero-order valence-corrected chi connectivity index (χ0v) is 13.8. The third kappa shape index (κ3) is 2.96. The minimum absolute atomic E-state index is 0.0700. The number of pyridine rings is 1. The van der Waals surface area contributed by atoms with Crippen LogP contribution in [-0.2, 0) is 7.05 Å². The first-order valence-corrected chi connectivity index (χ1v) is 7.99. The summed E-state index contributed by atoms with van der Waals surface area (Å²) < 4.78 is 1.82. The second-order valence-corrected chi connectivity index (χ2v) is 6.22. The van der Waals surface area contributed by atoms with Crippen molar-refractivity contribution in [3.05, 3.63) is 46.2 Å². The van der Waals surface area contributed by atoms with E-state index >= 15 is 0 Å². The fourth-order valence-corrected chi connectivity index (χ4v) is 3.29. The van der Waals surface area contributed by atoms with Gasteiger partial charge in [0.15, 0.2) is 0 Å². The smallest absolute Gasteiger partial charge is 0.314 e. The molecule has 0 aliphatic carbocycles. The predicted octanol–water partition coefficient (Wildman–Crippen LogP) is 1.98. The molecule has 2 aromatic rings. The van der Waals surface area contributed by atoms with Gasteiger partial charge in [0.2, 0.25) is 5.82 Å². The van der Waals surface area contributed by atoms with Crippen LogP contribution in [0.25, 0.3) is 0 Å². The lowest BCUT2D eigenvalue weighted by Crippen LogP contribution is -2.37. The van der Waals surface area contributed by atoms with Crippen molar-refractivity contribution < 1.29 is 10.0 Å². The van der Waals surface area contributed by atoms with Crippen molar-refractivity contribution in [3.8, 4) is 0 Å². The summed E-state index contributed by atoms with van der Waals surface area (Å²) >= 11 is 0. The highest BCUT2D eigenvalue weighted by molar-refractivity contribution is 5.61. The minimum atomic E-state index is -0.618. The first-order valence-electron chi connectivity index (χ1n) is 7.99. The standard InChI is InChI=1S/C16H21N5O3/c1-11-3-6-17-15(13(11)21(23)24)20-8-4-12(5-9-20)14(22)16-18-7-10-19(16)2/h3,6-7,10,12,14,22H,4-5,8-9H2,1-2H3. The second kappa shape index (κ2) is 6.56. The van der Waals surface area contributed by atoms with Crippen molar-refractivity contribution in [1.29, 1.82) is 0 Å². The molecule has 0 amide bonds. The molecule has 1 aliphatic rings. The molecule has 1 fully saturated rings. The molecule has 1 aliphatic heterocycles. The van der Waals surface area contributed by atoms with Gasteiger partial charge in [-0.15, -0.1) is 0 Å². The Morgan fingerprint density at radius 2 is 2.04 bits per heavy atom. The van der Waals surface area contributed by atoms with Crippen LogP contribution in [0.5, 0.6) is 0 Å². The number of aryl methyl sites for hydroxylation is 2. The molecule has 0 aromatic carbocycles. The summed E-state index contributed by atoms with van der Waals surface area (Å²) in [5.74, 6) is 1.17. The molecule has 1 atom stereocenters. The molecule has 8 nitrogen and oxygen atoms in total. The van der Waals surface area contributed by atoms with Crippen molar-refractivity contribution in [2.24, 2.45) is 13.0 Å². The van der Waals surface area contributed by atoms with E-state index in [0.717, 1.165) is 12.8 Å². The molecule has 2 aromatic heterocycles. The summed E-state index contributed by atoms with van der Waals surface area (Å²) in [7, 11) is 1.86. The average molecular weight is 331 g/mol. The molecular weight excluding hydrogens is 310 g/mol. The van der Waals surface area contributed by atoms with E-state index in [4.69, 9.17) is 0 Å². The fraction of sp³-hybridized carbons (Fsp3) is 0.500. The van der Waals surface area contributed by atoms with E-state index in [1.807, 2.05) is 22.7 Å². The van der Waals surface area contributed by atoms with Crippen LogP contribution in [0, 0.1) is 23.0 Å². The third-order valence-electron chi connectivity index (χ3n) is 4.70. The van der Waals surface area contributed by atoms with Crippen molar-refractivity contribution in [2.75, 3.05) is 18.0 Å². The van der Waals surface area contributed by atoms with Crippen molar-refractivity contribution >= 4 is 11.5 Å². The first kappa shape index (κ1) is 16.4. The van der Waals surface area contributed by atoms with Gasteiger partial charge in [-0.05, 0) is 31.7 Å². The molecule has 0 saturated carbocycles. The Kier molecular flexibility index (Phi) is 4.48. The van der Waals surface area contributed by atoms with Gasteiger partial charge < -0.3 is 14.6 Å². The maximum atomic E-state index is 11.3. The van der Waals surface area contributed by atoms with E-state index in [1.54, 1.807) is 25.4 Å². The molecule has 0 radical (unpaired) electrons. The number of imidazole rings is 1. The van der Waals surface area contributed by atoms with Gasteiger partial charge in [-0.1, -0.05) is 0 Å². The Labute approximate surface area is 139 Å². The molecule has 3 rings (SSSR count). The number of aliphatic hydroxyl groups is 1. The number of piperidine rings is 1. The molecule has 24 heavy (non-hydrogen) atoms. The van der Waals surface area contributed by atoms with Crippen LogP contribution in [0.1, 0.15) is 30.3 Å². The average Bonchev–Trinajstić information content (AvgIpc) is 3.00. The van der Waals surface area contributed by atoms with Gasteiger partial charge >= 0.3 is 5.69 Å².